The van der Waals surface area contributed by atoms with Crippen LogP contribution in [0, 0.1) is 20.8 Å². The van der Waals surface area contributed by atoms with Crippen molar-refractivity contribution in [1.29, 1.82) is 0 Å². The minimum atomic E-state index is -0.0726. The molecule has 0 bridgehead atoms. The minimum absolute atomic E-state index is 0.0396. The smallest absolute Gasteiger partial charge is 0.275 e. The standard InChI is InChI=1S/C29H36N8O.C24H26N6O.C23H26N6O2/c1-18-22(17-30-32-18)27-21-6-4-3-5-20(21)25-23(31-27)7-8-24-26(25)28(34-33-24)29(38)37-11-9-19(10-12-37)36-15-13-35(2)14-16-36;1-14-17(13-25-27-14)22-16-8-4-3-7-15(16)20-18(26-22)9-10-19-21(20)23(29-28-19)24(31)30-11-5-2-6-12-30;1-15-19(14-24-26-15)21(16-5-3-2-4-6-16)25-17-7-8-20-18(13-17)22(28-27-20)23(30)29-9-11-31-12-10-29/h7-8,17,19H,3-6,9-16H2,1-2H3,(H,30,32)(H,33,34);9-10,13H,2-8,11-12H2,1H3,(H,25,27)(H,28,29);5,7-8,13-14H,2-4,6,9-12H2,1H3,(H,24,26)(H,27,28). The Balaban J connectivity index is 0.000000118. The van der Waals surface area contributed by atoms with Crippen molar-refractivity contribution < 1.29 is 19.1 Å². The number of morpholine rings is 1. The number of H-pyrrole nitrogens is 6. The summed E-state index contributed by atoms with van der Waals surface area (Å²) in [6.45, 7) is 16.1. The molecule has 4 fully saturated rings. The van der Waals surface area contributed by atoms with Gasteiger partial charge in [0.05, 0.1) is 82.2 Å². The molecule has 0 radical (unpaired) electrons. The van der Waals surface area contributed by atoms with Gasteiger partial charge in [0.2, 0.25) is 0 Å². The molecule has 3 aromatic carbocycles. The van der Waals surface area contributed by atoms with E-state index in [2.05, 4.69) is 96.2 Å². The number of fused-ring (bicyclic) bond motifs is 11. The highest BCUT2D eigenvalue weighted by Gasteiger charge is 2.34. The van der Waals surface area contributed by atoms with Crippen LogP contribution in [0.1, 0.15) is 160 Å². The number of carbonyl (C=O) groups excluding carboxylic acids is 3. The molecular weight excluding hydrogens is 1260 g/mol. The number of carbonyl (C=O) groups is 3. The van der Waals surface area contributed by atoms with Crippen LogP contribution in [0.4, 0.5) is 5.69 Å². The van der Waals surface area contributed by atoms with E-state index < -0.39 is 0 Å². The van der Waals surface area contributed by atoms with Crippen LogP contribution in [0.5, 0.6) is 0 Å². The fraction of sp³-hybridized carbons (Fsp3) is 0.447. The van der Waals surface area contributed by atoms with E-state index in [9.17, 15) is 14.4 Å². The van der Waals surface area contributed by atoms with Gasteiger partial charge in [-0.3, -0.25) is 49.9 Å². The largest absolute Gasteiger partial charge is 0.378 e. The summed E-state index contributed by atoms with van der Waals surface area (Å²) in [5.41, 5.74) is 22.6. The van der Waals surface area contributed by atoms with Crippen LogP contribution in [-0.4, -0.2) is 211 Å². The SMILES string of the molecule is Cc1[nH]ncc1-c1nc2ccc3[nH]nc(C(=O)N4CCC(N5CCN(C)CC5)CC4)c3c2c2c1CCCC2.Cc1[nH]ncc1-c1nc2ccc3[nH]nc(C(=O)N4CCCCC4)c3c2c2c1CCCC2.Cc1[nH]ncc1C(=Nc1ccc2[nH]nc(C(=O)N3CCOCC3)c2c1)C1=CCCCC1. The van der Waals surface area contributed by atoms with Gasteiger partial charge < -0.3 is 24.3 Å². The normalized spacial score (nSPS) is 18.3. The van der Waals surface area contributed by atoms with Gasteiger partial charge in [-0.25, -0.2) is 15.0 Å². The number of aliphatic imine (C=N–C) groups is 1. The van der Waals surface area contributed by atoms with Crippen molar-refractivity contribution in [3.8, 4) is 22.5 Å². The summed E-state index contributed by atoms with van der Waals surface area (Å²) in [6.07, 6.45) is 26.4. The van der Waals surface area contributed by atoms with Crippen molar-refractivity contribution in [2.75, 3.05) is 85.7 Å². The number of hydrogen-bond donors (Lipinski definition) is 6. The molecule has 0 spiro atoms. The highest BCUT2D eigenvalue weighted by atomic mass is 16.5. The van der Waals surface area contributed by atoms with Crippen LogP contribution < -0.4 is 0 Å². The number of aryl methyl sites for hydroxylation is 5. The summed E-state index contributed by atoms with van der Waals surface area (Å²) >= 11 is 0. The number of nitrogens with zero attached hydrogens (tertiary/aromatic N) is 14. The molecule has 11 aromatic rings. The van der Waals surface area contributed by atoms with Crippen molar-refractivity contribution in [1.82, 2.24) is 95.7 Å². The Labute approximate surface area is 579 Å². The molecule has 0 saturated carbocycles. The van der Waals surface area contributed by atoms with E-state index in [1.165, 1.54) is 47.1 Å². The summed E-state index contributed by atoms with van der Waals surface area (Å²) in [5.74, 6) is 0.00854. The number of piperazine rings is 1. The van der Waals surface area contributed by atoms with Gasteiger partial charge in [-0.2, -0.15) is 30.6 Å². The number of benzene rings is 3. The van der Waals surface area contributed by atoms with Crippen LogP contribution in [0.3, 0.4) is 0 Å². The predicted octanol–water partition coefficient (Wildman–Crippen LogP) is 11.5. The lowest BCUT2D eigenvalue weighted by atomic mass is 9.85. The van der Waals surface area contributed by atoms with Gasteiger partial charge in [0.25, 0.3) is 17.7 Å². The molecule has 4 aliphatic heterocycles. The van der Waals surface area contributed by atoms with Crippen LogP contribution >= 0.6 is 0 Å². The molecule has 24 nitrogen and oxygen atoms in total. The van der Waals surface area contributed by atoms with Gasteiger partial charge in [0, 0.05) is 132 Å². The number of ether oxygens (including phenoxy) is 1. The zero-order valence-electron chi connectivity index (χ0n) is 57.8. The number of aromatic nitrogens is 14. The first-order chi connectivity index (χ1) is 49.0. The molecule has 12 heterocycles. The Bertz CT molecular complexity index is 4950. The second-order valence-corrected chi connectivity index (χ2v) is 28.2. The highest BCUT2D eigenvalue weighted by Crippen LogP contribution is 2.42. The maximum absolute atomic E-state index is 13.9. The Morgan fingerprint density at radius 3 is 1.55 bits per heavy atom. The molecule has 100 heavy (non-hydrogen) atoms. The summed E-state index contributed by atoms with van der Waals surface area (Å²) in [6, 6.07) is 14.6. The third-order valence-corrected chi connectivity index (χ3v) is 22.0. The number of hydrogen-bond acceptors (Lipinski definition) is 15. The van der Waals surface area contributed by atoms with Gasteiger partial charge in [-0.05, 0) is 207 Å². The number of aromatic amines is 6. The minimum Gasteiger partial charge on any atom is -0.378 e. The molecule has 0 atom stereocenters. The average Bonchev–Trinajstić information content (AvgIpc) is 1.60. The van der Waals surface area contributed by atoms with E-state index in [4.69, 9.17) is 19.7 Å². The summed E-state index contributed by atoms with van der Waals surface area (Å²) < 4.78 is 5.37. The topological polar surface area (TPSA) is 287 Å². The zero-order valence-corrected chi connectivity index (χ0v) is 57.8. The second-order valence-electron chi connectivity index (χ2n) is 28.2. The number of piperidine rings is 2. The number of amides is 3. The van der Waals surface area contributed by atoms with Crippen LogP contribution in [0.2, 0.25) is 0 Å². The molecule has 24 heteroatoms. The van der Waals surface area contributed by atoms with Gasteiger partial charge >= 0.3 is 0 Å². The summed E-state index contributed by atoms with van der Waals surface area (Å²) in [5, 5.41) is 49.4. The first-order valence-electron chi connectivity index (χ1n) is 36.3. The van der Waals surface area contributed by atoms with Crippen molar-refractivity contribution in [2.24, 2.45) is 4.99 Å². The van der Waals surface area contributed by atoms with Gasteiger partial charge in [0.15, 0.2) is 17.1 Å². The molecule has 6 N–H and O–H groups in total. The second kappa shape index (κ2) is 28.1. The average molecular weight is 1350 g/mol. The monoisotopic (exact) mass is 1340 g/mol. The zero-order chi connectivity index (χ0) is 68.0. The van der Waals surface area contributed by atoms with E-state index in [-0.39, 0.29) is 17.7 Å². The third-order valence-electron chi connectivity index (χ3n) is 22.0. The molecular formula is C76H88N20O4. The number of pyridine rings is 2. The van der Waals surface area contributed by atoms with Crippen LogP contribution in [0.15, 0.2) is 77.7 Å². The van der Waals surface area contributed by atoms with Crippen molar-refractivity contribution in [2.45, 2.75) is 136 Å². The van der Waals surface area contributed by atoms with Gasteiger partial charge in [0.1, 0.15) is 0 Å². The predicted molar refractivity (Wildman–Crippen MR) is 387 cm³/mol. The fourth-order valence-electron chi connectivity index (χ4n) is 16.4. The third kappa shape index (κ3) is 12.4. The van der Waals surface area contributed by atoms with E-state index in [1.807, 2.05) is 79.5 Å². The van der Waals surface area contributed by atoms with Crippen molar-refractivity contribution in [3.63, 3.8) is 0 Å². The van der Waals surface area contributed by atoms with Crippen molar-refractivity contribution >= 4 is 83.6 Å². The van der Waals surface area contributed by atoms with E-state index in [0.29, 0.717) is 49.4 Å². The molecule has 3 aliphatic carbocycles. The van der Waals surface area contributed by atoms with Crippen LogP contribution in [-0.2, 0) is 30.4 Å². The van der Waals surface area contributed by atoms with E-state index in [1.54, 1.807) is 4.90 Å². The first-order valence-corrected chi connectivity index (χ1v) is 36.3. The number of likely N-dealkylation sites (N-methyl/N-ethyl adjacent to an activating group) is 1. The molecule has 3 amide bonds. The quantitative estimate of drug-likeness (QED) is 0.0733. The molecule has 8 aromatic heterocycles. The molecule has 18 rings (SSSR count). The van der Waals surface area contributed by atoms with Gasteiger partial charge in [-0.1, -0.05) is 6.08 Å². The number of likely N-dealkylation sites (tertiary alicyclic amines) is 2. The molecule has 4 saturated heterocycles. The first kappa shape index (κ1) is 64.9. The molecule has 0 unspecified atom stereocenters. The van der Waals surface area contributed by atoms with Gasteiger partial charge in [-0.15, -0.1) is 0 Å². The Kier molecular flexibility index (Phi) is 18.2. The van der Waals surface area contributed by atoms with E-state index in [0.717, 1.165) is 253 Å². The Hall–Kier alpha value is -9.78. The summed E-state index contributed by atoms with van der Waals surface area (Å²) in [7, 11) is 2.20. The van der Waals surface area contributed by atoms with Crippen molar-refractivity contribution in [3.05, 3.63) is 135 Å². The Morgan fingerprint density at radius 1 is 0.490 bits per heavy atom. The lowest BCUT2D eigenvalue weighted by Gasteiger charge is -2.42. The number of rotatable bonds is 9. The maximum Gasteiger partial charge on any atom is 0.275 e. The summed E-state index contributed by atoms with van der Waals surface area (Å²) in [4.78, 5) is 66.4. The lowest BCUT2D eigenvalue weighted by molar-refractivity contribution is 0.0300. The molecule has 7 aliphatic rings. The fourth-order valence-corrected chi connectivity index (χ4v) is 16.4. The van der Waals surface area contributed by atoms with Crippen LogP contribution in [0.25, 0.3) is 77.0 Å². The number of nitrogens with one attached hydrogen (secondary N) is 6. The lowest BCUT2D eigenvalue weighted by Crippen LogP contribution is -2.53. The highest BCUT2D eigenvalue weighted by molar-refractivity contribution is 6.19. The maximum atomic E-state index is 13.9. The Morgan fingerprint density at radius 2 is 1.00 bits per heavy atom. The molecule has 516 valence electrons. The van der Waals surface area contributed by atoms with E-state index >= 15 is 0 Å². The number of allylic oxidation sites excluding steroid dienone is 2.